The van der Waals surface area contributed by atoms with Crippen LogP contribution in [0.3, 0.4) is 0 Å². The van der Waals surface area contributed by atoms with E-state index in [1.807, 2.05) is 0 Å². The lowest BCUT2D eigenvalue weighted by molar-refractivity contribution is -0.135. The lowest BCUT2D eigenvalue weighted by Crippen LogP contribution is -2.72. The number of anilines is 2. The highest BCUT2D eigenvalue weighted by Crippen LogP contribution is 2.44. The van der Waals surface area contributed by atoms with E-state index in [-0.39, 0.29) is 36.0 Å². The number of halogens is 1. The summed E-state index contributed by atoms with van der Waals surface area (Å²) in [5.41, 5.74) is 1.08. The minimum absolute atomic E-state index is 0.128. The van der Waals surface area contributed by atoms with Crippen molar-refractivity contribution in [3.05, 3.63) is 17.9 Å². The van der Waals surface area contributed by atoms with Gasteiger partial charge in [0.15, 0.2) is 11.6 Å². The molecule has 0 aliphatic carbocycles. The predicted molar refractivity (Wildman–Crippen MR) is 140 cm³/mol. The summed E-state index contributed by atoms with van der Waals surface area (Å²) in [7, 11) is 3.20. The number of hydrogen-bond donors (Lipinski definition) is 2. The molecule has 0 radical (unpaired) electrons. The molecule has 12 heteroatoms. The van der Waals surface area contributed by atoms with Gasteiger partial charge in [0.25, 0.3) is 0 Å². The number of carbonyl (C=O) groups excluding carboxylic acids is 3. The maximum atomic E-state index is 15.7. The number of fused-ring (bicyclic) bond motifs is 1. The number of nitrogens with one attached hydrogen (secondary N) is 1. The van der Waals surface area contributed by atoms with Crippen LogP contribution in [0.1, 0.15) is 19.3 Å². The molecule has 3 amide bonds. The fourth-order valence-corrected chi connectivity index (χ4v) is 6.30. The van der Waals surface area contributed by atoms with Crippen molar-refractivity contribution in [3.8, 4) is 0 Å². The van der Waals surface area contributed by atoms with Gasteiger partial charge in [0, 0.05) is 83.7 Å². The molecule has 1 aromatic heterocycles. The van der Waals surface area contributed by atoms with Crippen LogP contribution in [-0.4, -0.2) is 109 Å². The van der Waals surface area contributed by atoms with Gasteiger partial charge in [-0.05, 0) is 30.9 Å². The van der Waals surface area contributed by atoms with E-state index in [4.69, 9.17) is 5.11 Å². The van der Waals surface area contributed by atoms with Gasteiger partial charge >= 0.3 is 0 Å². The second-order valence-electron chi connectivity index (χ2n) is 11.0. The van der Waals surface area contributed by atoms with Crippen molar-refractivity contribution >= 4 is 40.6 Å². The van der Waals surface area contributed by atoms with Gasteiger partial charge < -0.3 is 25.1 Å². The first-order chi connectivity index (χ1) is 18.3. The van der Waals surface area contributed by atoms with Crippen molar-refractivity contribution in [3.63, 3.8) is 0 Å². The fourth-order valence-electron chi connectivity index (χ4n) is 6.30. The number of aliphatic hydroxyl groups excluding tert-OH is 1. The number of aryl methyl sites for hydroxylation is 1. The molecule has 0 saturated carbocycles. The van der Waals surface area contributed by atoms with Gasteiger partial charge in [-0.3, -0.25) is 24.0 Å². The monoisotopic (exact) mass is 529 g/mol. The molecule has 3 saturated heterocycles. The SMILES string of the molecule is CNC(=O)CCN(C=O)c1nn(C)c2c(F)c(N3CC4(CN(CC5CCN(C(=O)CO)CC5)C4)C3)ccc12. The molecule has 38 heavy (non-hydrogen) atoms. The highest BCUT2D eigenvalue weighted by molar-refractivity contribution is 5.97. The quantitative estimate of drug-likeness (QED) is 0.445. The van der Waals surface area contributed by atoms with E-state index in [1.165, 1.54) is 16.6 Å². The van der Waals surface area contributed by atoms with Crippen LogP contribution >= 0.6 is 0 Å². The second kappa shape index (κ2) is 10.5. The molecular weight excluding hydrogens is 493 g/mol. The van der Waals surface area contributed by atoms with E-state index in [9.17, 15) is 14.4 Å². The third-order valence-electron chi connectivity index (χ3n) is 8.29. The van der Waals surface area contributed by atoms with Crippen molar-refractivity contribution in [1.82, 2.24) is 24.9 Å². The normalized spacial score (nSPS) is 19.4. The van der Waals surface area contributed by atoms with Crippen LogP contribution < -0.4 is 15.1 Å². The molecule has 1 spiro atoms. The molecule has 206 valence electrons. The average Bonchev–Trinajstić information content (AvgIpc) is 3.22. The van der Waals surface area contributed by atoms with Crippen LogP contribution in [0.4, 0.5) is 15.9 Å². The number of aromatic nitrogens is 2. The summed E-state index contributed by atoms with van der Waals surface area (Å²) in [4.78, 5) is 42.6. The molecule has 0 atom stereocenters. The molecule has 3 aliphatic rings. The lowest BCUT2D eigenvalue weighted by atomic mass is 9.72. The zero-order valence-corrected chi connectivity index (χ0v) is 22.0. The minimum atomic E-state index is -0.415. The largest absolute Gasteiger partial charge is 0.387 e. The minimum Gasteiger partial charge on any atom is -0.387 e. The van der Waals surface area contributed by atoms with Crippen LogP contribution in [-0.2, 0) is 21.4 Å². The Kier molecular flexibility index (Phi) is 7.28. The summed E-state index contributed by atoms with van der Waals surface area (Å²) >= 11 is 0. The van der Waals surface area contributed by atoms with Crippen LogP contribution in [0.25, 0.3) is 10.9 Å². The maximum absolute atomic E-state index is 15.7. The van der Waals surface area contributed by atoms with Crippen LogP contribution in [0.2, 0.25) is 0 Å². The molecule has 3 fully saturated rings. The highest BCUT2D eigenvalue weighted by atomic mass is 19.1. The number of nitrogens with zero attached hydrogens (tertiary/aromatic N) is 6. The van der Waals surface area contributed by atoms with Crippen molar-refractivity contribution in [2.75, 3.05) is 75.8 Å². The Morgan fingerprint density at radius 1 is 1.24 bits per heavy atom. The second-order valence-corrected chi connectivity index (χ2v) is 11.0. The molecule has 0 unspecified atom stereocenters. The number of aliphatic hydroxyl groups is 1. The first-order valence-corrected chi connectivity index (χ1v) is 13.2. The summed E-state index contributed by atoms with van der Waals surface area (Å²) in [6, 6.07) is 3.56. The van der Waals surface area contributed by atoms with E-state index < -0.39 is 6.61 Å². The smallest absolute Gasteiger partial charge is 0.248 e. The number of benzene rings is 1. The molecule has 3 aliphatic heterocycles. The van der Waals surface area contributed by atoms with Gasteiger partial charge in [0.05, 0.1) is 5.69 Å². The molecule has 4 heterocycles. The third kappa shape index (κ3) is 4.82. The van der Waals surface area contributed by atoms with E-state index >= 15 is 4.39 Å². The Morgan fingerprint density at radius 2 is 1.95 bits per heavy atom. The van der Waals surface area contributed by atoms with Crippen molar-refractivity contribution in [1.29, 1.82) is 0 Å². The molecule has 1 aromatic carbocycles. The van der Waals surface area contributed by atoms with Crippen molar-refractivity contribution < 1.29 is 23.9 Å². The Labute approximate surface area is 221 Å². The molecular formula is C26H36FN7O4. The number of rotatable bonds is 9. The standard InChI is InChI=1S/C26H36FN7O4/c1-28-21(37)7-10-33(17-36)25-19-3-4-20(23(27)24(19)30(2)29-25)34-15-26(16-34)13-31(14-26)11-18-5-8-32(9-6-18)22(38)12-35/h3-4,17-18,35H,5-16H2,1-2H3,(H,28,37). The van der Waals surface area contributed by atoms with E-state index in [1.54, 1.807) is 24.1 Å². The number of likely N-dealkylation sites (tertiary alicyclic amines) is 2. The van der Waals surface area contributed by atoms with Gasteiger partial charge in [0.1, 0.15) is 12.1 Å². The summed E-state index contributed by atoms with van der Waals surface area (Å²) in [5, 5.41) is 16.5. The number of amides is 3. The summed E-state index contributed by atoms with van der Waals surface area (Å²) < 4.78 is 17.2. The number of hydrogen-bond acceptors (Lipinski definition) is 7. The van der Waals surface area contributed by atoms with Gasteiger partial charge in [-0.15, -0.1) is 0 Å². The average molecular weight is 530 g/mol. The highest BCUT2D eigenvalue weighted by Gasteiger charge is 2.52. The topological polar surface area (TPSA) is 114 Å². The first-order valence-electron chi connectivity index (χ1n) is 13.2. The Morgan fingerprint density at radius 3 is 2.58 bits per heavy atom. The molecule has 11 nitrogen and oxygen atoms in total. The zero-order valence-electron chi connectivity index (χ0n) is 22.0. The Balaban J connectivity index is 1.18. The molecule has 0 bridgehead atoms. The summed E-state index contributed by atoms with van der Waals surface area (Å²) in [5.74, 6) is 0.180. The van der Waals surface area contributed by atoms with E-state index in [0.717, 1.165) is 45.6 Å². The molecule has 5 rings (SSSR count). The maximum Gasteiger partial charge on any atom is 0.248 e. The Hall–Kier alpha value is -3.25. The summed E-state index contributed by atoms with van der Waals surface area (Å²) in [6.45, 7) is 5.79. The Bertz CT molecular complexity index is 1210. The van der Waals surface area contributed by atoms with Crippen LogP contribution in [0, 0.1) is 17.2 Å². The first kappa shape index (κ1) is 26.4. The lowest BCUT2D eigenvalue weighted by Gasteiger charge is -2.61. The summed E-state index contributed by atoms with van der Waals surface area (Å²) in [6.07, 6.45) is 2.68. The third-order valence-corrected chi connectivity index (χ3v) is 8.29. The molecule has 2 N–H and O–H groups in total. The van der Waals surface area contributed by atoms with Gasteiger partial charge in [-0.2, -0.15) is 5.10 Å². The number of piperidine rings is 1. The van der Waals surface area contributed by atoms with Gasteiger partial charge in [-0.1, -0.05) is 0 Å². The zero-order chi connectivity index (χ0) is 27.0. The van der Waals surface area contributed by atoms with Crippen molar-refractivity contribution in [2.45, 2.75) is 19.3 Å². The predicted octanol–water partition coefficient (Wildman–Crippen LogP) is 0.164. The van der Waals surface area contributed by atoms with Crippen LogP contribution in [0.15, 0.2) is 12.1 Å². The fraction of sp³-hybridized carbons (Fsp3) is 0.615. The van der Waals surface area contributed by atoms with Crippen LogP contribution in [0.5, 0.6) is 0 Å². The number of carbonyl (C=O) groups is 3. The van der Waals surface area contributed by atoms with Crippen molar-refractivity contribution in [2.24, 2.45) is 18.4 Å². The van der Waals surface area contributed by atoms with E-state index in [2.05, 4.69) is 20.2 Å². The molecule has 2 aromatic rings. The van der Waals surface area contributed by atoms with Gasteiger partial charge in [0.2, 0.25) is 18.2 Å². The van der Waals surface area contributed by atoms with E-state index in [0.29, 0.717) is 47.8 Å². The van der Waals surface area contributed by atoms with Gasteiger partial charge in [-0.25, -0.2) is 4.39 Å².